The minimum atomic E-state index is 0. The first-order valence-corrected chi connectivity index (χ1v) is 7.35. The summed E-state index contributed by atoms with van der Waals surface area (Å²) in [5, 5.41) is 0.784. The topological polar surface area (TPSA) is 12.5 Å². The molecule has 4 heteroatoms. The van der Waals surface area contributed by atoms with E-state index in [-0.39, 0.29) is 17.0 Å². The van der Waals surface area contributed by atoms with E-state index in [1.165, 1.54) is 11.1 Å². The molecule has 2 aliphatic heterocycles. The van der Waals surface area contributed by atoms with E-state index < -0.39 is 0 Å². The van der Waals surface area contributed by atoms with Crippen LogP contribution < -0.4 is 4.74 Å². The predicted octanol–water partition coefficient (Wildman–Crippen LogP) is 4.84. The molecule has 2 aromatic rings. The quantitative estimate of drug-likeness (QED) is 0.662. The number of nitrogens with zero attached hydrogens (tertiary/aromatic N) is 1. The van der Waals surface area contributed by atoms with Crippen LogP contribution in [-0.2, 0) is 0 Å². The summed E-state index contributed by atoms with van der Waals surface area (Å²) in [4.78, 5) is 2.39. The number of rotatable bonds is 0. The number of likely N-dealkylation sites (tertiary alicyclic amines) is 1. The molecule has 1 fully saturated rings. The standard InChI is InChI=1S/C17H16ClNO.BrH/c1-19-9-14-12-4-2-3-5-16(12)20-17-7-6-11(18)8-13(17)15(14)10-19;/h2-8,14-15H,9-10H2,1H3;1H/t14-,15-;/m1./s1. The third kappa shape index (κ3) is 2.48. The first-order chi connectivity index (χ1) is 9.72. The van der Waals surface area contributed by atoms with Gasteiger partial charge in [0.1, 0.15) is 11.5 Å². The van der Waals surface area contributed by atoms with E-state index >= 15 is 0 Å². The summed E-state index contributed by atoms with van der Waals surface area (Å²) in [5.41, 5.74) is 2.55. The molecule has 21 heavy (non-hydrogen) atoms. The number of ether oxygens (including phenoxy) is 1. The third-order valence-corrected chi connectivity index (χ3v) is 4.65. The molecule has 2 nitrogen and oxygen atoms in total. The largest absolute Gasteiger partial charge is 0.457 e. The zero-order valence-electron chi connectivity index (χ0n) is 11.8. The van der Waals surface area contributed by atoms with Crippen molar-refractivity contribution in [2.24, 2.45) is 0 Å². The van der Waals surface area contributed by atoms with Gasteiger partial charge in [-0.15, -0.1) is 17.0 Å². The average molecular weight is 367 g/mol. The van der Waals surface area contributed by atoms with Gasteiger partial charge in [-0.3, -0.25) is 0 Å². The van der Waals surface area contributed by atoms with Crippen molar-refractivity contribution in [1.82, 2.24) is 4.90 Å². The normalized spacial score (nSPS) is 23.1. The highest BCUT2D eigenvalue weighted by molar-refractivity contribution is 8.93. The van der Waals surface area contributed by atoms with E-state index in [1.807, 2.05) is 18.2 Å². The van der Waals surface area contributed by atoms with Gasteiger partial charge in [-0.2, -0.15) is 0 Å². The third-order valence-electron chi connectivity index (χ3n) is 4.41. The first kappa shape index (κ1) is 14.9. The highest BCUT2D eigenvalue weighted by Gasteiger charge is 2.38. The Morgan fingerprint density at radius 2 is 1.67 bits per heavy atom. The fraction of sp³-hybridized carbons (Fsp3) is 0.294. The van der Waals surface area contributed by atoms with E-state index in [4.69, 9.17) is 16.3 Å². The highest BCUT2D eigenvalue weighted by atomic mass is 79.9. The van der Waals surface area contributed by atoms with Crippen molar-refractivity contribution in [3.63, 3.8) is 0 Å². The Bertz CT molecular complexity index is 676. The maximum Gasteiger partial charge on any atom is 0.131 e. The van der Waals surface area contributed by atoms with E-state index in [0.717, 1.165) is 29.6 Å². The molecule has 2 atom stereocenters. The van der Waals surface area contributed by atoms with Gasteiger partial charge in [-0.05, 0) is 36.9 Å². The molecule has 0 spiro atoms. The van der Waals surface area contributed by atoms with Crippen LogP contribution in [0.15, 0.2) is 42.5 Å². The van der Waals surface area contributed by atoms with Gasteiger partial charge >= 0.3 is 0 Å². The fourth-order valence-corrected chi connectivity index (χ4v) is 3.71. The molecule has 2 heterocycles. The van der Waals surface area contributed by atoms with Gasteiger partial charge in [0.2, 0.25) is 0 Å². The smallest absolute Gasteiger partial charge is 0.131 e. The zero-order chi connectivity index (χ0) is 13.7. The molecule has 0 aromatic heterocycles. The number of halogens is 2. The lowest BCUT2D eigenvalue weighted by Crippen LogP contribution is -2.14. The van der Waals surface area contributed by atoms with Crippen LogP contribution >= 0.6 is 28.6 Å². The molecule has 0 N–H and O–H groups in total. The van der Waals surface area contributed by atoms with E-state index in [9.17, 15) is 0 Å². The Balaban J connectivity index is 0.00000132. The summed E-state index contributed by atoms with van der Waals surface area (Å²) in [7, 11) is 2.18. The maximum atomic E-state index is 6.20. The van der Waals surface area contributed by atoms with Crippen LogP contribution in [-0.4, -0.2) is 25.0 Å². The van der Waals surface area contributed by atoms with Crippen molar-refractivity contribution in [2.45, 2.75) is 11.8 Å². The maximum absolute atomic E-state index is 6.20. The molecule has 4 rings (SSSR count). The van der Waals surface area contributed by atoms with Gasteiger partial charge in [0, 0.05) is 35.5 Å². The van der Waals surface area contributed by atoms with Crippen LogP contribution in [0.4, 0.5) is 0 Å². The first-order valence-electron chi connectivity index (χ1n) is 6.97. The summed E-state index contributed by atoms with van der Waals surface area (Å²) in [5.74, 6) is 2.87. The Hall–Kier alpha value is -1.03. The Morgan fingerprint density at radius 3 is 2.48 bits per heavy atom. The lowest BCUT2D eigenvalue weighted by atomic mass is 9.84. The number of hydrogen-bond acceptors (Lipinski definition) is 2. The lowest BCUT2D eigenvalue weighted by Gasteiger charge is -2.17. The van der Waals surface area contributed by atoms with Crippen molar-refractivity contribution in [3.8, 4) is 11.5 Å². The van der Waals surface area contributed by atoms with Gasteiger partial charge in [-0.25, -0.2) is 0 Å². The van der Waals surface area contributed by atoms with Crippen molar-refractivity contribution in [3.05, 3.63) is 58.6 Å². The Labute approximate surface area is 140 Å². The van der Waals surface area contributed by atoms with Crippen molar-refractivity contribution < 1.29 is 4.74 Å². The second-order valence-electron chi connectivity index (χ2n) is 5.76. The molecule has 0 bridgehead atoms. The van der Waals surface area contributed by atoms with Gasteiger partial charge in [-0.1, -0.05) is 29.8 Å². The minimum Gasteiger partial charge on any atom is -0.457 e. The highest BCUT2D eigenvalue weighted by Crippen LogP contribution is 2.49. The van der Waals surface area contributed by atoms with Gasteiger partial charge in [0.05, 0.1) is 0 Å². The van der Waals surface area contributed by atoms with Crippen molar-refractivity contribution in [1.29, 1.82) is 0 Å². The predicted molar refractivity (Wildman–Crippen MR) is 91.3 cm³/mol. The van der Waals surface area contributed by atoms with Crippen LogP contribution in [0.25, 0.3) is 0 Å². The number of hydrogen-bond donors (Lipinski definition) is 0. The number of fused-ring (bicyclic) bond motifs is 5. The number of benzene rings is 2. The van der Waals surface area contributed by atoms with Crippen LogP contribution in [0.1, 0.15) is 23.0 Å². The second kappa shape index (κ2) is 5.64. The van der Waals surface area contributed by atoms with E-state index in [1.54, 1.807) is 0 Å². The Kier molecular flexibility index (Phi) is 4.00. The van der Waals surface area contributed by atoms with Crippen molar-refractivity contribution >= 4 is 28.6 Å². The van der Waals surface area contributed by atoms with Gasteiger partial charge in [0.15, 0.2) is 0 Å². The molecule has 2 aliphatic rings. The molecule has 110 valence electrons. The molecule has 0 saturated carbocycles. The summed E-state index contributed by atoms with van der Waals surface area (Å²) in [6.07, 6.45) is 0. The Morgan fingerprint density at radius 1 is 1.00 bits per heavy atom. The van der Waals surface area contributed by atoms with Crippen molar-refractivity contribution in [2.75, 3.05) is 20.1 Å². The summed E-state index contributed by atoms with van der Waals surface area (Å²) >= 11 is 6.20. The molecular weight excluding hydrogens is 350 g/mol. The molecular formula is C17H17BrClNO. The monoisotopic (exact) mass is 365 g/mol. The SMILES string of the molecule is Br.CN1C[C@@H]2c3ccccc3Oc3ccc(Cl)cc3[C@H]2C1. The van der Waals surface area contributed by atoms with Gasteiger partial charge < -0.3 is 9.64 Å². The molecule has 0 radical (unpaired) electrons. The van der Waals surface area contributed by atoms with Crippen LogP contribution in [0, 0.1) is 0 Å². The lowest BCUT2D eigenvalue weighted by molar-refractivity contribution is 0.401. The van der Waals surface area contributed by atoms with E-state index in [0.29, 0.717) is 11.8 Å². The second-order valence-corrected chi connectivity index (χ2v) is 6.19. The zero-order valence-corrected chi connectivity index (χ0v) is 14.2. The van der Waals surface area contributed by atoms with Gasteiger partial charge in [0.25, 0.3) is 0 Å². The molecule has 1 saturated heterocycles. The molecule has 2 aromatic carbocycles. The van der Waals surface area contributed by atoms with E-state index in [2.05, 4.69) is 36.2 Å². The molecule has 0 amide bonds. The summed E-state index contributed by atoms with van der Waals surface area (Å²) in [6, 6.07) is 14.4. The summed E-state index contributed by atoms with van der Waals surface area (Å²) in [6.45, 7) is 2.12. The molecule has 0 aliphatic carbocycles. The van der Waals surface area contributed by atoms with Crippen LogP contribution in [0.3, 0.4) is 0 Å². The summed E-state index contributed by atoms with van der Waals surface area (Å²) < 4.78 is 6.15. The average Bonchev–Trinajstić information content (AvgIpc) is 2.78. The molecule has 0 unspecified atom stereocenters. The van der Waals surface area contributed by atoms with Crippen LogP contribution in [0.2, 0.25) is 5.02 Å². The number of likely N-dealkylation sites (N-methyl/N-ethyl adjacent to an activating group) is 1. The fourth-order valence-electron chi connectivity index (χ4n) is 3.53. The minimum absolute atomic E-state index is 0. The number of para-hydroxylation sites is 1. The van der Waals surface area contributed by atoms with Crippen LogP contribution in [0.5, 0.6) is 11.5 Å².